The molecule has 1 aromatic heterocycles. The molecule has 1 heterocycles. The largest absolute Gasteiger partial charge is 0.493 e. The van der Waals surface area contributed by atoms with Gasteiger partial charge in [-0.3, -0.25) is 4.79 Å². The molecule has 1 saturated carbocycles. The standard InChI is InChI=1S/C21H23NO6/c1-13-16(14(2)28-22-13)12-26-19-9-7-15(11-20(19)25-3)8-10-21(24)27-18-6-4-5-17(18)23/h7-11,18H,4-6,12H2,1-3H3/b10-8+. The van der Waals surface area contributed by atoms with E-state index in [9.17, 15) is 9.59 Å². The normalized spacial score (nSPS) is 16.5. The number of hydrogen-bond acceptors (Lipinski definition) is 7. The van der Waals surface area contributed by atoms with Gasteiger partial charge in [0.25, 0.3) is 0 Å². The van der Waals surface area contributed by atoms with E-state index in [2.05, 4.69) is 5.16 Å². The topological polar surface area (TPSA) is 87.9 Å². The third-order valence-electron chi connectivity index (χ3n) is 4.66. The number of Topliss-reactive ketones (excluding diaryl/α,β-unsaturated/α-hetero) is 1. The molecule has 0 aliphatic heterocycles. The number of esters is 1. The lowest BCUT2D eigenvalue weighted by Gasteiger charge is -2.11. The minimum Gasteiger partial charge on any atom is -0.493 e. The van der Waals surface area contributed by atoms with Crippen LogP contribution in [0.4, 0.5) is 0 Å². The Kier molecular flexibility index (Phi) is 6.13. The Bertz CT molecular complexity index is 879. The monoisotopic (exact) mass is 385 g/mol. The van der Waals surface area contributed by atoms with Crippen LogP contribution in [0.5, 0.6) is 11.5 Å². The average molecular weight is 385 g/mol. The van der Waals surface area contributed by atoms with Crippen molar-refractivity contribution in [3.8, 4) is 11.5 Å². The van der Waals surface area contributed by atoms with E-state index in [1.165, 1.54) is 6.08 Å². The lowest BCUT2D eigenvalue weighted by Crippen LogP contribution is -2.20. The van der Waals surface area contributed by atoms with Crippen molar-refractivity contribution in [2.24, 2.45) is 0 Å². The van der Waals surface area contributed by atoms with Crippen molar-refractivity contribution >= 4 is 17.8 Å². The Morgan fingerprint density at radius 2 is 2.14 bits per heavy atom. The van der Waals surface area contributed by atoms with Crippen molar-refractivity contribution in [3.63, 3.8) is 0 Å². The quantitative estimate of drug-likeness (QED) is 0.532. The average Bonchev–Trinajstić information content (AvgIpc) is 3.23. The van der Waals surface area contributed by atoms with Crippen LogP contribution in [0.3, 0.4) is 0 Å². The van der Waals surface area contributed by atoms with Crippen LogP contribution in [0.25, 0.3) is 6.08 Å². The van der Waals surface area contributed by atoms with Crippen molar-refractivity contribution < 1.29 is 28.3 Å². The van der Waals surface area contributed by atoms with Gasteiger partial charge in [-0.15, -0.1) is 0 Å². The van der Waals surface area contributed by atoms with E-state index < -0.39 is 12.1 Å². The predicted octanol–water partition coefficient (Wildman–Crippen LogP) is 3.56. The summed E-state index contributed by atoms with van der Waals surface area (Å²) in [4.78, 5) is 23.5. The smallest absolute Gasteiger partial charge is 0.331 e. The Morgan fingerprint density at radius 3 is 2.79 bits per heavy atom. The molecule has 0 spiro atoms. The van der Waals surface area contributed by atoms with Gasteiger partial charge in [0.2, 0.25) is 0 Å². The zero-order valence-corrected chi connectivity index (χ0v) is 16.2. The van der Waals surface area contributed by atoms with Crippen LogP contribution >= 0.6 is 0 Å². The van der Waals surface area contributed by atoms with Crippen molar-refractivity contribution in [2.45, 2.75) is 45.8 Å². The van der Waals surface area contributed by atoms with Crippen molar-refractivity contribution in [3.05, 3.63) is 46.9 Å². The van der Waals surface area contributed by atoms with Gasteiger partial charge < -0.3 is 18.7 Å². The minimum absolute atomic E-state index is 0.0109. The summed E-state index contributed by atoms with van der Waals surface area (Å²) >= 11 is 0. The van der Waals surface area contributed by atoms with Crippen LogP contribution in [0.1, 0.15) is 41.8 Å². The SMILES string of the molecule is COc1cc(/C=C/C(=O)OC2CCCC2=O)ccc1OCc1c(C)noc1C. The van der Waals surface area contributed by atoms with E-state index in [4.69, 9.17) is 18.7 Å². The summed E-state index contributed by atoms with van der Waals surface area (Å²) in [6.07, 6.45) is 4.17. The number of carbonyl (C=O) groups excluding carboxylic acids is 2. The van der Waals surface area contributed by atoms with E-state index in [1.807, 2.05) is 13.8 Å². The number of aromatic nitrogens is 1. The van der Waals surface area contributed by atoms with E-state index >= 15 is 0 Å². The molecule has 0 amide bonds. The van der Waals surface area contributed by atoms with Crippen LogP contribution in [-0.2, 0) is 20.9 Å². The first kappa shape index (κ1) is 19.7. The molecule has 1 aliphatic rings. The molecule has 28 heavy (non-hydrogen) atoms. The fourth-order valence-corrected chi connectivity index (χ4v) is 3.02. The first-order valence-corrected chi connectivity index (χ1v) is 9.12. The summed E-state index contributed by atoms with van der Waals surface area (Å²) in [5, 5.41) is 3.91. The number of nitrogens with zero attached hydrogens (tertiary/aromatic N) is 1. The van der Waals surface area contributed by atoms with Crippen LogP contribution in [0, 0.1) is 13.8 Å². The summed E-state index contributed by atoms with van der Waals surface area (Å²) in [5.41, 5.74) is 2.43. The van der Waals surface area contributed by atoms with Gasteiger partial charge in [-0.25, -0.2) is 4.79 Å². The van der Waals surface area contributed by atoms with Gasteiger partial charge in [0, 0.05) is 12.5 Å². The molecule has 2 aromatic rings. The number of ketones is 1. The number of methoxy groups -OCH3 is 1. The van der Waals surface area contributed by atoms with Gasteiger partial charge in [-0.05, 0) is 50.5 Å². The fourth-order valence-electron chi connectivity index (χ4n) is 3.02. The summed E-state index contributed by atoms with van der Waals surface area (Å²) in [7, 11) is 1.55. The molecule has 148 valence electrons. The summed E-state index contributed by atoms with van der Waals surface area (Å²) in [6, 6.07) is 5.32. The van der Waals surface area contributed by atoms with Gasteiger partial charge >= 0.3 is 5.97 Å². The number of ether oxygens (including phenoxy) is 3. The van der Waals surface area contributed by atoms with Gasteiger partial charge in [-0.1, -0.05) is 11.2 Å². The second-order valence-electron chi connectivity index (χ2n) is 6.62. The maximum absolute atomic E-state index is 11.9. The number of rotatable bonds is 7. The number of carbonyl (C=O) groups is 2. The molecule has 0 N–H and O–H groups in total. The molecule has 1 fully saturated rings. The molecule has 7 nitrogen and oxygen atoms in total. The molecule has 7 heteroatoms. The van der Waals surface area contributed by atoms with E-state index in [1.54, 1.807) is 31.4 Å². The third kappa shape index (κ3) is 4.60. The lowest BCUT2D eigenvalue weighted by atomic mass is 10.2. The summed E-state index contributed by atoms with van der Waals surface area (Å²) < 4.78 is 21.5. The Labute approximate surface area is 163 Å². The van der Waals surface area contributed by atoms with E-state index in [0.29, 0.717) is 30.9 Å². The predicted molar refractivity (Wildman–Crippen MR) is 101 cm³/mol. The van der Waals surface area contributed by atoms with Gasteiger partial charge in [0.15, 0.2) is 23.4 Å². The highest BCUT2D eigenvalue weighted by atomic mass is 16.5. The first-order valence-electron chi connectivity index (χ1n) is 9.12. The zero-order chi connectivity index (χ0) is 20.1. The fraction of sp³-hybridized carbons (Fsp3) is 0.381. The maximum Gasteiger partial charge on any atom is 0.331 e. The molecule has 1 aliphatic carbocycles. The van der Waals surface area contributed by atoms with Crippen LogP contribution in [0.2, 0.25) is 0 Å². The lowest BCUT2D eigenvalue weighted by molar-refractivity contribution is -0.148. The Morgan fingerprint density at radius 1 is 1.32 bits per heavy atom. The van der Waals surface area contributed by atoms with Crippen LogP contribution < -0.4 is 9.47 Å². The third-order valence-corrected chi connectivity index (χ3v) is 4.66. The molecule has 1 unspecified atom stereocenters. The van der Waals surface area contributed by atoms with E-state index in [-0.39, 0.29) is 5.78 Å². The molecular formula is C21H23NO6. The first-order chi connectivity index (χ1) is 13.5. The number of hydrogen-bond donors (Lipinski definition) is 0. The molecule has 0 radical (unpaired) electrons. The van der Waals surface area contributed by atoms with E-state index in [0.717, 1.165) is 29.0 Å². The van der Waals surface area contributed by atoms with Crippen LogP contribution in [-0.4, -0.2) is 30.1 Å². The summed E-state index contributed by atoms with van der Waals surface area (Å²) in [6.45, 7) is 4.01. The van der Waals surface area contributed by atoms with Crippen molar-refractivity contribution in [1.82, 2.24) is 5.16 Å². The number of benzene rings is 1. The Balaban J connectivity index is 1.63. The zero-order valence-electron chi connectivity index (χ0n) is 16.2. The molecule has 0 saturated heterocycles. The van der Waals surface area contributed by atoms with Gasteiger partial charge in [0.1, 0.15) is 12.4 Å². The van der Waals surface area contributed by atoms with Crippen molar-refractivity contribution in [2.75, 3.05) is 7.11 Å². The second kappa shape index (κ2) is 8.73. The maximum atomic E-state index is 11.9. The number of aryl methyl sites for hydroxylation is 2. The minimum atomic E-state index is -0.605. The van der Waals surface area contributed by atoms with Crippen molar-refractivity contribution in [1.29, 1.82) is 0 Å². The van der Waals surface area contributed by atoms with Crippen LogP contribution in [0.15, 0.2) is 28.8 Å². The second-order valence-corrected chi connectivity index (χ2v) is 6.62. The van der Waals surface area contributed by atoms with Gasteiger partial charge in [0.05, 0.1) is 18.4 Å². The van der Waals surface area contributed by atoms with Gasteiger partial charge in [-0.2, -0.15) is 0 Å². The Hall–Kier alpha value is -3.09. The molecular weight excluding hydrogens is 362 g/mol. The summed E-state index contributed by atoms with van der Waals surface area (Å²) in [5.74, 6) is 1.28. The highest BCUT2D eigenvalue weighted by Crippen LogP contribution is 2.30. The molecule has 1 atom stereocenters. The molecule has 1 aromatic carbocycles. The highest BCUT2D eigenvalue weighted by Gasteiger charge is 2.27. The molecule has 0 bridgehead atoms. The highest BCUT2D eigenvalue weighted by molar-refractivity contribution is 5.92. The molecule has 3 rings (SSSR count).